The van der Waals surface area contributed by atoms with Crippen molar-refractivity contribution in [1.29, 1.82) is 0 Å². The molecule has 0 atom stereocenters. The molecule has 0 fully saturated rings. The Morgan fingerprint density at radius 2 is 2.12 bits per heavy atom. The van der Waals surface area contributed by atoms with Gasteiger partial charge in [-0.05, 0) is 69.0 Å². The predicted molar refractivity (Wildman–Crippen MR) is 73.8 cm³/mol. The van der Waals surface area contributed by atoms with E-state index in [9.17, 15) is 4.39 Å². The second-order valence-corrected chi connectivity index (χ2v) is 5.44. The summed E-state index contributed by atoms with van der Waals surface area (Å²) in [6, 6.07) is 7.35. The highest BCUT2D eigenvalue weighted by Gasteiger charge is 2.00. The van der Waals surface area contributed by atoms with E-state index in [1.165, 1.54) is 5.56 Å². The molecule has 1 aromatic heterocycles. The summed E-state index contributed by atoms with van der Waals surface area (Å²) in [4.78, 5) is 0. The lowest BCUT2D eigenvalue weighted by molar-refractivity contribution is 0.614. The van der Waals surface area contributed by atoms with Gasteiger partial charge in [0.05, 0.1) is 4.47 Å². The van der Waals surface area contributed by atoms with Crippen LogP contribution in [0.15, 0.2) is 39.5 Å². The molecular formula is C13H13BrFNS. The summed E-state index contributed by atoms with van der Waals surface area (Å²) in [6.07, 6.45) is 1.02. The maximum absolute atomic E-state index is 13.2. The zero-order valence-electron chi connectivity index (χ0n) is 9.25. The molecule has 1 nitrogen and oxygen atoms in total. The van der Waals surface area contributed by atoms with Crippen LogP contribution in [0.2, 0.25) is 0 Å². The lowest BCUT2D eigenvalue weighted by Crippen LogP contribution is -2.16. The van der Waals surface area contributed by atoms with Gasteiger partial charge in [0, 0.05) is 6.54 Å². The van der Waals surface area contributed by atoms with Crippen molar-refractivity contribution in [2.75, 3.05) is 6.54 Å². The lowest BCUT2D eigenvalue weighted by atomic mass is 10.2. The Hall–Kier alpha value is -0.710. The maximum atomic E-state index is 13.2. The molecule has 2 aromatic rings. The maximum Gasteiger partial charge on any atom is 0.137 e. The molecule has 2 rings (SSSR count). The zero-order chi connectivity index (χ0) is 12.1. The molecular weight excluding hydrogens is 301 g/mol. The standard InChI is InChI=1S/C13H13BrFNS/c14-12-2-1-11(7-13(12)15)8-16-5-3-10-4-6-17-9-10/h1-2,4,6-7,9,16H,3,5,8H2. The summed E-state index contributed by atoms with van der Waals surface area (Å²) in [6.45, 7) is 1.61. The van der Waals surface area contributed by atoms with Crippen LogP contribution in [0.5, 0.6) is 0 Å². The molecule has 17 heavy (non-hydrogen) atoms. The molecule has 0 aliphatic heterocycles. The number of hydrogen-bond donors (Lipinski definition) is 1. The first-order valence-electron chi connectivity index (χ1n) is 5.41. The number of halogens is 2. The van der Waals surface area contributed by atoms with Crippen molar-refractivity contribution in [2.24, 2.45) is 0 Å². The van der Waals surface area contributed by atoms with Crippen LogP contribution in [0.1, 0.15) is 11.1 Å². The Bertz CT molecular complexity index is 470. The second-order valence-electron chi connectivity index (χ2n) is 3.81. The molecule has 4 heteroatoms. The van der Waals surface area contributed by atoms with E-state index in [4.69, 9.17) is 0 Å². The summed E-state index contributed by atoms with van der Waals surface area (Å²) < 4.78 is 13.8. The van der Waals surface area contributed by atoms with E-state index in [1.54, 1.807) is 23.5 Å². The van der Waals surface area contributed by atoms with Crippen molar-refractivity contribution in [3.8, 4) is 0 Å². The monoisotopic (exact) mass is 313 g/mol. The Kier molecular flexibility index (Phi) is 4.71. The van der Waals surface area contributed by atoms with Crippen molar-refractivity contribution >= 4 is 27.3 Å². The van der Waals surface area contributed by atoms with Crippen LogP contribution in [0.4, 0.5) is 4.39 Å². The molecule has 90 valence electrons. The molecule has 0 aliphatic rings. The van der Waals surface area contributed by atoms with Crippen molar-refractivity contribution in [1.82, 2.24) is 5.32 Å². The largest absolute Gasteiger partial charge is 0.312 e. The highest BCUT2D eigenvalue weighted by Crippen LogP contribution is 2.16. The quantitative estimate of drug-likeness (QED) is 0.823. The van der Waals surface area contributed by atoms with Gasteiger partial charge in [0.15, 0.2) is 0 Å². The van der Waals surface area contributed by atoms with E-state index < -0.39 is 0 Å². The molecule has 1 heterocycles. The summed E-state index contributed by atoms with van der Waals surface area (Å²) >= 11 is 4.86. The van der Waals surface area contributed by atoms with Gasteiger partial charge in [-0.25, -0.2) is 4.39 Å². The first kappa shape index (κ1) is 12.7. The summed E-state index contributed by atoms with van der Waals surface area (Å²) in [7, 11) is 0. The van der Waals surface area contributed by atoms with Gasteiger partial charge in [0.25, 0.3) is 0 Å². The normalized spacial score (nSPS) is 10.7. The van der Waals surface area contributed by atoms with Crippen LogP contribution in [-0.2, 0) is 13.0 Å². The molecule has 0 saturated heterocycles. The average Bonchev–Trinajstić information content (AvgIpc) is 2.82. The molecule has 0 bridgehead atoms. The topological polar surface area (TPSA) is 12.0 Å². The summed E-state index contributed by atoms with van der Waals surface area (Å²) in [5.41, 5.74) is 2.32. The number of nitrogens with one attached hydrogen (secondary N) is 1. The van der Waals surface area contributed by atoms with Gasteiger partial charge in [-0.2, -0.15) is 11.3 Å². The van der Waals surface area contributed by atoms with Gasteiger partial charge in [0.2, 0.25) is 0 Å². The minimum atomic E-state index is -0.206. The lowest BCUT2D eigenvalue weighted by Gasteiger charge is -2.05. The van der Waals surface area contributed by atoms with E-state index >= 15 is 0 Å². The third-order valence-electron chi connectivity index (χ3n) is 2.48. The van der Waals surface area contributed by atoms with E-state index in [0.29, 0.717) is 11.0 Å². The van der Waals surface area contributed by atoms with Gasteiger partial charge < -0.3 is 5.32 Å². The first-order valence-corrected chi connectivity index (χ1v) is 7.15. The van der Waals surface area contributed by atoms with Gasteiger partial charge in [-0.1, -0.05) is 6.07 Å². The van der Waals surface area contributed by atoms with Crippen LogP contribution in [0.25, 0.3) is 0 Å². The molecule has 1 N–H and O–H groups in total. The predicted octanol–water partition coefficient (Wildman–Crippen LogP) is 3.98. The fourth-order valence-corrected chi connectivity index (χ4v) is 2.50. The second kappa shape index (κ2) is 6.28. The van der Waals surface area contributed by atoms with Gasteiger partial charge in [-0.3, -0.25) is 0 Å². The third kappa shape index (κ3) is 3.91. The molecule has 0 amide bonds. The molecule has 1 aromatic carbocycles. The van der Waals surface area contributed by atoms with Crippen LogP contribution in [0.3, 0.4) is 0 Å². The zero-order valence-corrected chi connectivity index (χ0v) is 11.7. The minimum Gasteiger partial charge on any atom is -0.312 e. The Morgan fingerprint density at radius 3 is 2.82 bits per heavy atom. The first-order chi connectivity index (χ1) is 8.25. The Labute approximate surface area is 113 Å². The van der Waals surface area contributed by atoms with Crippen LogP contribution in [0, 0.1) is 5.82 Å². The number of benzene rings is 1. The SMILES string of the molecule is Fc1cc(CNCCc2ccsc2)ccc1Br. The summed E-state index contributed by atoms with van der Waals surface area (Å²) in [5.74, 6) is -0.206. The summed E-state index contributed by atoms with van der Waals surface area (Å²) in [5, 5.41) is 7.55. The average molecular weight is 314 g/mol. The molecule has 0 aliphatic carbocycles. The van der Waals surface area contributed by atoms with E-state index in [-0.39, 0.29) is 5.82 Å². The van der Waals surface area contributed by atoms with Crippen molar-refractivity contribution < 1.29 is 4.39 Å². The highest BCUT2D eigenvalue weighted by molar-refractivity contribution is 9.10. The Balaban J connectivity index is 1.76. The van der Waals surface area contributed by atoms with Crippen molar-refractivity contribution in [3.63, 3.8) is 0 Å². The molecule has 0 unspecified atom stereocenters. The van der Waals surface area contributed by atoms with Crippen LogP contribution < -0.4 is 5.32 Å². The van der Waals surface area contributed by atoms with Crippen molar-refractivity contribution in [3.05, 3.63) is 56.4 Å². The fraction of sp³-hybridized carbons (Fsp3) is 0.231. The van der Waals surface area contributed by atoms with E-state index in [0.717, 1.165) is 18.5 Å². The third-order valence-corrected chi connectivity index (χ3v) is 3.86. The molecule has 0 radical (unpaired) electrons. The van der Waals surface area contributed by atoms with Gasteiger partial charge in [-0.15, -0.1) is 0 Å². The molecule has 0 saturated carbocycles. The fourth-order valence-electron chi connectivity index (χ4n) is 1.55. The van der Waals surface area contributed by atoms with E-state index in [1.807, 2.05) is 6.07 Å². The minimum absolute atomic E-state index is 0.206. The van der Waals surface area contributed by atoms with Crippen molar-refractivity contribution in [2.45, 2.75) is 13.0 Å². The number of rotatable bonds is 5. The number of thiophene rings is 1. The van der Waals surface area contributed by atoms with Crippen LogP contribution in [-0.4, -0.2) is 6.54 Å². The Morgan fingerprint density at radius 1 is 1.24 bits per heavy atom. The number of hydrogen-bond acceptors (Lipinski definition) is 2. The van der Waals surface area contributed by atoms with Gasteiger partial charge in [0.1, 0.15) is 5.82 Å². The highest BCUT2D eigenvalue weighted by atomic mass is 79.9. The molecule has 0 spiro atoms. The smallest absolute Gasteiger partial charge is 0.137 e. The van der Waals surface area contributed by atoms with E-state index in [2.05, 4.69) is 38.1 Å². The van der Waals surface area contributed by atoms with Gasteiger partial charge >= 0.3 is 0 Å². The van der Waals surface area contributed by atoms with Crippen LogP contribution >= 0.6 is 27.3 Å².